The van der Waals surface area contributed by atoms with Gasteiger partial charge in [0.15, 0.2) is 0 Å². The smallest absolute Gasteiger partial charge is 0.246 e. The number of hydrogen-bond donors (Lipinski definition) is 1. The summed E-state index contributed by atoms with van der Waals surface area (Å²) in [5, 5.41) is 2.82. The van der Waals surface area contributed by atoms with Crippen LogP contribution in [-0.2, 0) is 27.9 Å². The van der Waals surface area contributed by atoms with Crippen LogP contribution in [0.1, 0.15) is 11.4 Å². The predicted molar refractivity (Wildman–Crippen MR) is 80.0 cm³/mol. The second-order valence-electron chi connectivity index (χ2n) is 4.86. The average molecular weight is 291 g/mol. The number of carbonyl (C=O) groups is 1. The lowest BCUT2D eigenvalue weighted by atomic mass is 10.2. The Labute approximate surface area is 124 Å². The number of amides is 1. The molecule has 0 fully saturated rings. The summed E-state index contributed by atoms with van der Waals surface area (Å²) in [5.74, 6) is 0.834. The Morgan fingerprint density at radius 1 is 1.38 bits per heavy atom. The maximum atomic E-state index is 11.6. The number of hydrogen-bond acceptors (Lipinski definition) is 4. The first-order chi connectivity index (χ1) is 10.1. The zero-order chi connectivity index (χ0) is 15.2. The summed E-state index contributed by atoms with van der Waals surface area (Å²) in [6.07, 6.45) is 0. The van der Waals surface area contributed by atoms with Crippen molar-refractivity contribution >= 4 is 16.9 Å². The van der Waals surface area contributed by atoms with E-state index in [-0.39, 0.29) is 12.5 Å². The summed E-state index contributed by atoms with van der Waals surface area (Å²) in [7, 11) is 3.59. The molecule has 0 aliphatic carbocycles. The van der Waals surface area contributed by atoms with Crippen molar-refractivity contribution < 1.29 is 14.3 Å². The van der Waals surface area contributed by atoms with Gasteiger partial charge in [0.2, 0.25) is 5.91 Å². The zero-order valence-electron chi connectivity index (χ0n) is 12.7. The monoisotopic (exact) mass is 291 g/mol. The minimum atomic E-state index is -0.136. The molecule has 0 bridgehead atoms. The minimum absolute atomic E-state index is 0.0499. The van der Waals surface area contributed by atoms with Crippen LogP contribution in [0.4, 0.5) is 0 Å². The third-order valence-corrected chi connectivity index (χ3v) is 3.32. The van der Waals surface area contributed by atoms with E-state index in [1.807, 2.05) is 36.7 Å². The van der Waals surface area contributed by atoms with Crippen LogP contribution in [0.25, 0.3) is 11.0 Å². The van der Waals surface area contributed by atoms with Gasteiger partial charge in [0.05, 0.1) is 24.2 Å². The van der Waals surface area contributed by atoms with Gasteiger partial charge >= 0.3 is 0 Å². The predicted octanol–water partition coefficient (Wildman–Crippen LogP) is 1.16. The van der Waals surface area contributed by atoms with Gasteiger partial charge in [-0.05, 0) is 24.6 Å². The molecular weight excluding hydrogens is 270 g/mol. The molecule has 1 heterocycles. The molecule has 2 aromatic rings. The molecule has 0 radical (unpaired) electrons. The molecule has 1 aromatic carbocycles. The van der Waals surface area contributed by atoms with E-state index in [0.29, 0.717) is 19.8 Å². The highest BCUT2D eigenvalue weighted by Gasteiger charge is 2.06. The van der Waals surface area contributed by atoms with Gasteiger partial charge in [-0.3, -0.25) is 4.79 Å². The molecule has 0 saturated carbocycles. The number of nitrogens with zero attached hydrogens (tertiary/aromatic N) is 2. The molecular formula is C15H21N3O3. The lowest BCUT2D eigenvalue weighted by Crippen LogP contribution is -2.27. The Hall–Kier alpha value is -1.92. The molecule has 0 atom stereocenters. The van der Waals surface area contributed by atoms with Gasteiger partial charge in [0, 0.05) is 20.7 Å². The van der Waals surface area contributed by atoms with Gasteiger partial charge < -0.3 is 19.4 Å². The fraction of sp³-hybridized carbons (Fsp3) is 0.467. The number of rotatable bonds is 7. The molecule has 21 heavy (non-hydrogen) atoms. The van der Waals surface area contributed by atoms with Crippen LogP contribution in [-0.4, -0.2) is 42.4 Å². The second-order valence-corrected chi connectivity index (χ2v) is 4.86. The number of benzene rings is 1. The molecule has 0 spiro atoms. The molecule has 0 unspecified atom stereocenters. The Morgan fingerprint density at radius 2 is 2.19 bits per heavy atom. The number of ether oxygens (including phenoxy) is 2. The van der Waals surface area contributed by atoms with E-state index in [9.17, 15) is 4.79 Å². The van der Waals surface area contributed by atoms with Gasteiger partial charge in [0.25, 0.3) is 0 Å². The topological polar surface area (TPSA) is 65.4 Å². The van der Waals surface area contributed by atoms with Crippen molar-refractivity contribution in [2.75, 3.05) is 26.9 Å². The van der Waals surface area contributed by atoms with Crippen LogP contribution in [0, 0.1) is 6.92 Å². The summed E-state index contributed by atoms with van der Waals surface area (Å²) in [5.41, 5.74) is 3.05. The van der Waals surface area contributed by atoms with E-state index in [1.54, 1.807) is 7.11 Å². The SMILES string of the molecule is COCCOCC(=O)NCc1ccc2c(c1)nc(C)n2C. The fourth-order valence-electron chi connectivity index (χ4n) is 2.03. The molecule has 1 aromatic heterocycles. The van der Waals surface area contributed by atoms with Crippen LogP contribution in [0.5, 0.6) is 0 Å². The zero-order valence-corrected chi connectivity index (χ0v) is 12.7. The third kappa shape index (κ3) is 4.03. The van der Waals surface area contributed by atoms with E-state index >= 15 is 0 Å². The Balaban J connectivity index is 1.87. The Bertz CT molecular complexity index is 622. The normalized spacial score (nSPS) is 11.0. The Kier molecular flexibility index (Phi) is 5.30. The molecule has 0 saturated heterocycles. The summed E-state index contributed by atoms with van der Waals surface area (Å²) in [4.78, 5) is 16.1. The van der Waals surface area contributed by atoms with Crippen LogP contribution >= 0.6 is 0 Å². The largest absolute Gasteiger partial charge is 0.382 e. The molecule has 2 rings (SSSR count). The first-order valence-corrected chi connectivity index (χ1v) is 6.87. The van der Waals surface area contributed by atoms with Crippen molar-refractivity contribution in [2.45, 2.75) is 13.5 Å². The molecule has 114 valence electrons. The molecule has 0 aliphatic rings. The van der Waals surface area contributed by atoms with Crippen molar-refractivity contribution in [1.82, 2.24) is 14.9 Å². The lowest BCUT2D eigenvalue weighted by molar-refractivity contribution is -0.126. The van der Waals surface area contributed by atoms with Crippen molar-refractivity contribution in [2.24, 2.45) is 7.05 Å². The van der Waals surface area contributed by atoms with Crippen molar-refractivity contribution in [3.8, 4) is 0 Å². The molecule has 6 nitrogen and oxygen atoms in total. The first-order valence-electron chi connectivity index (χ1n) is 6.87. The number of nitrogens with one attached hydrogen (secondary N) is 1. The fourth-order valence-corrected chi connectivity index (χ4v) is 2.03. The van der Waals surface area contributed by atoms with Crippen molar-refractivity contribution in [1.29, 1.82) is 0 Å². The maximum absolute atomic E-state index is 11.6. The van der Waals surface area contributed by atoms with Gasteiger partial charge in [-0.1, -0.05) is 6.07 Å². The first kappa shape index (κ1) is 15.5. The minimum Gasteiger partial charge on any atom is -0.382 e. The van der Waals surface area contributed by atoms with E-state index < -0.39 is 0 Å². The van der Waals surface area contributed by atoms with Gasteiger partial charge in [-0.2, -0.15) is 0 Å². The van der Waals surface area contributed by atoms with E-state index in [2.05, 4.69) is 10.3 Å². The number of aromatic nitrogens is 2. The number of fused-ring (bicyclic) bond motifs is 1. The van der Waals surface area contributed by atoms with Crippen LogP contribution < -0.4 is 5.32 Å². The maximum Gasteiger partial charge on any atom is 0.246 e. The van der Waals surface area contributed by atoms with E-state index in [0.717, 1.165) is 22.4 Å². The summed E-state index contributed by atoms with van der Waals surface area (Å²) in [6, 6.07) is 6.01. The third-order valence-electron chi connectivity index (χ3n) is 3.32. The molecule has 6 heteroatoms. The average Bonchev–Trinajstić information content (AvgIpc) is 2.76. The number of carbonyl (C=O) groups excluding carboxylic acids is 1. The number of methoxy groups -OCH3 is 1. The lowest BCUT2D eigenvalue weighted by Gasteiger charge is -2.06. The van der Waals surface area contributed by atoms with Gasteiger partial charge in [0.1, 0.15) is 12.4 Å². The number of imidazole rings is 1. The molecule has 0 aliphatic heterocycles. The van der Waals surface area contributed by atoms with Crippen LogP contribution in [0.15, 0.2) is 18.2 Å². The Morgan fingerprint density at radius 3 is 2.95 bits per heavy atom. The summed E-state index contributed by atoms with van der Waals surface area (Å²) >= 11 is 0. The second kappa shape index (κ2) is 7.19. The van der Waals surface area contributed by atoms with Gasteiger partial charge in [-0.15, -0.1) is 0 Å². The number of aryl methyl sites for hydroxylation is 2. The highest BCUT2D eigenvalue weighted by molar-refractivity contribution is 5.78. The van der Waals surface area contributed by atoms with E-state index in [1.165, 1.54) is 0 Å². The van der Waals surface area contributed by atoms with Crippen LogP contribution in [0.2, 0.25) is 0 Å². The van der Waals surface area contributed by atoms with Crippen molar-refractivity contribution in [3.05, 3.63) is 29.6 Å². The molecule has 1 amide bonds. The van der Waals surface area contributed by atoms with E-state index in [4.69, 9.17) is 9.47 Å². The summed E-state index contributed by atoms with van der Waals surface area (Å²) in [6.45, 7) is 3.40. The highest BCUT2D eigenvalue weighted by Crippen LogP contribution is 2.16. The van der Waals surface area contributed by atoms with Crippen LogP contribution in [0.3, 0.4) is 0 Å². The quantitative estimate of drug-likeness (QED) is 0.778. The standard InChI is InChI=1S/C15H21N3O3/c1-11-17-13-8-12(4-5-14(13)18(11)2)9-16-15(19)10-21-7-6-20-3/h4-5,8H,6-7,9-10H2,1-3H3,(H,16,19). The highest BCUT2D eigenvalue weighted by atomic mass is 16.5. The van der Waals surface area contributed by atoms with Crippen molar-refractivity contribution in [3.63, 3.8) is 0 Å². The summed E-state index contributed by atoms with van der Waals surface area (Å²) < 4.78 is 12.0. The molecule has 1 N–H and O–H groups in total. The van der Waals surface area contributed by atoms with Gasteiger partial charge in [-0.25, -0.2) is 4.98 Å².